The van der Waals surface area contributed by atoms with Crippen LogP contribution in [-0.4, -0.2) is 34.5 Å². The van der Waals surface area contributed by atoms with Gasteiger partial charge in [-0.1, -0.05) is 17.7 Å². The second kappa shape index (κ2) is 7.59. The van der Waals surface area contributed by atoms with Crippen molar-refractivity contribution < 1.29 is 9.18 Å². The van der Waals surface area contributed by atoms with Gasteiger partial charge in [0.2, 0.25) is 0 Å². The molecule has 1 amide bonds. The van der Waals surface area contributed by atoms with E-state index in [0.717, 1.165) is 39.1 Å². The van der Waals surface area contributed by atoms with Crippen LogP contribution in [0.4, 0.5) is 15.9 Å². The SMILES string of the molecule is CNC(=O)c1cncc(-c2ccc3ncnc(N4CCc5cc(F)c(Cl)cc54)c3c2)c1. The van der Waals surface area contributed by atoms with Crippen LogP contribution in [-0.2, 0) is 6.42 Å². The van der Waals surface area contributed by atoms with Crippen molar-refractivity contribution in [2.45, 2.75) is 6.42 Å². The lowest BCUT2D eigenvalue weighted by molar-refractivity contribution is 0.0963. The van der Waals surface area contributed by atoms with Crippen molar-refractivity contribution in [1.29, 1.82) is 0 Å². The van der Waals surface area contributed by atoms with Crippen LogP contribution in [0.15, 0.2) is 55.1 Å². The Morgan fingerprint density at radius 2 is 2.00 bits per heavy atom. The van der Waals surface area contributed by atoms with Crippen molar-refractivity contribution in [1.82, 2.24) is 20.3 Å². The highest BCUT2D eigenvalue weighted by molar-refractivity contribution is 6.31. The van der Waals surface area contributed by atoms with Crippen molar-refractivity contribution in [3.63, 3.8) is 0 Å². The molecule has 1 aliphatic rings. The van der Waals surface area contributed by atoms with Gasteiger partial charge in [-0.3, -0.25) is 9.78 Å². The third-order valence-corrected chi connectivity index (χ3v) is 5.74. The van der Waals surface area contributed by atoms with Gasteiger partial charge in [-0.2, -0.15) is 0 Å². The van der Waals surface area contributed by atoms with E-state index in [-0.39, 0.29) is 10.9 Å². The second-order valence-corrected chi connectivity index (χ2v) is 7.67. The van der Waals surface area contributed by atoms with Crippen LogP contribution in [0.25, 0.3) is 22.0 Å². The van der Waals surface area contributed by atoms with E-state index in [0.29, 0.717) is 18.5 Å². The molecule has 0 saturated heterocycles. The number of rotatable bonds is 3. The highest BCUT2D eigenvalue weighted by Gasteiger charge is 2.25. The van der Waals surface area contributed by atoms with Crippen molar-refractivity contribution in [3.8, 4) is 11.1 Å². The summed E-state index contributed by atoms with van der Waals surface area (Å²) in [6.07, 6.45) is 5.47. The van der Waals surface area contributed by atoms with Crippen molar-refractivity contribution >= 4 is 39.9 Å². The molecular weight excluding hydrogens is 417 g/mol. The number of hydrogen-bond donors (Lipinski definition) is 1. The Balaban J connectivity index is 1.63. The lowest BCUT2D eigenvalue weighted by atomic mass is 10.0. The molecule has 0 fully saturated rings. The summed E-state index contributed by atoms with van der Waals surface area (Å²) in [6, 6.07) is 10.8. The van der Waals surface area contributed by atoms with Crippen molar-refractivity contribution in [2.75, 3.05) is 18.5 Å². The predicted molar refractivity (Wildman–Crippen MR) is 118 cm³/mol. The molecule has 0 radical (unpaired) electrons. The van der Waals surface area contributed by atoms with Crippen LogP contribution < -0.4 is 10.2 Å². The number of carbonyl (C=O) groups excluding carboxylic acids is 1. The van der Waals surface area contributed by atoms with E-state index in [2.05, 4.69) is 20.3 Å². The number of carbonyl (C=O) groups is 1. The molecule has 0 aliphatic carbocycles. The summed E-state index contributed by atoms with van der Waals surface area (Å²) in [5, 5.41) is 3.54. The lowest BCUT2D eigenvalue weighted by Gasteiger charge is -2.20. The number of amides is 1. The molecule has 6 nitrogen and oxygen atoms in total. The summed E-state index contributed by atoms with van der Waals surface area (Å²) in [6.45, 7) is 0.666. The number of nitrogens with zero attached hydrogens (tertiary/aromatic N) is 4. The third-order valence-electron chi connectivity index (χ3n) is 5.45. The minimum Gasteiger partial charge on any atom is -0.355 e. The molecule has 2 aromatic heterocycles. The monoisotopic (exact) mass is 433 g/mol. The highest BCUT2D eigenvalue weighted by Crippen LogP contribution is 2.39. The first-order valence-electron chi connectivity index (χ1n) is 9.73. The standard InChI is InChI=1S/C23H17ClFN5O/c1-26-23(31)16-6-15(10-27-11-16)13-2-3-20-17(7-13)22(29-12-28-20)30-5-4-14-8-19(25)18(24)9-21(14)30/h2-3,6-12H,4-5H2,1H3,(H,26,31). The van der Waals surface area contributed by atoms with Gasteiger partial charge in [0, 0.05) is 42.6 Å². The lowest BCUT2D eigenvalue weighted by Crippen LogP contribution is -2.17. The van der Waals surface area contributed by atoms with Gasteiger partial charge in [-0.15, -0.1) is 0 Å². The molecule has 0 unspecified atom stereocenters. The van der Waals surface area contributed by atoms with Gasteiger partial charge in [-0.05, 0) is 47.9 Å². The highest BCUT2D eigenvalue weighted by atomic mass is 35.5. The maximum atomic E-state index is 13.9. The molecule has 0 spiro atoms. The fraction of sp³-hybridized carbons (Fsp3) is 0.130. The summed E-state index contributed by atoms with van der Waals surface area (Å²) < 4.78 is 13.9. The smallest absolute Gasteiger partial charge is 0.252 e. The van der Waals surface area contributed by atoms with Gasteiger partial charge in [0.05, 0.1) is 16.1 Å². The zero-order chi connectivity index (χ0) is 21.5. The zero-order valence-electron chi connectivity index (χ0n) is 16.6. The average molecular weight is 434 g/mol. The number of benzene rings is 2. The van der Waals surface area contributed by atoms with Gasteiger partial charge in [0.15, 0.2) is 0 Å². The van der Waals surface area contributed by atoms with Gasteiger partial charge in [0.1, 0.15) is 18.0 Å². The number of aromatic nitrogens is 3. The fourth-order valence-corrected chi connectivity index (χ4v) is 4.06. The minimum atomic E-state index is -0.416. The number of halogens is 2. The summed E-state index contributed by atoms with van der Waals surface area (Å²) >= 11 is 6.05. The largest absolute Gasteiger partial charge is 0.355 e. The van der Waals surface area contributed by atoms with E-state index in [1.807, 2.05) is 23.1 Å². The number of pyridine rings is 1. The molecule has 2 aromatic carbocycles. The molecule has 1 N–H and O–H groups in total. The first-order valence-corrected chi connectivity index (χ1v) is 10.1. The van der Waals surface area contributed by atoms with E-state index in [9.17, 15) is 9.18 Å². The van der Waals surface area contributed by atoms with E-state index >= 15 is 0 Å². The maximum absolute atomic E-state index is 13.9. The summed E-state index contributed by atoms with van der Waals surface area (Å²) in [7, 11) is 1.58. The first-order chi connectivity index (χ1) is 15.0. The van der Waals surface area contributed by atoms with E-state index in [1.165, 1.54) is 18.6 Å². The Morgan fingerprint density at radius 3 is 2.84 bits per heavy atom. The van der Waals surface area contributed by atoms with Gasteiger partial charge >= 0.3 is 0 Å². The Labute approximate surface area is 182 Å². The maximum Gasteiger partial charge on any atom is 0.252 e. The van der Waals surface area contributed by atoms with Crippen LogP contribution in [0.3, 0.4) is 0 Å². The first kappa shape index (κ1) is 19.4. The normalized spacial score (nSPS) is 12.8. The topological polar surface area (TPSA) is 71.0 Å². The predicted octanol–water partition coefficient (Wildman–Crippen LogP) is 4.54. The van der Waals surface area contributed by atoms with Crippen LogP contribution in [0.2, 0.25) is 5.02 Å². The number of hydrogen-bond acceptors (Lipinski definition) is 5. The van der Waals surface area contributed by atoms with Crippen LogP contribution in [0.5, 0.6) is 0 Å². The van der Waals surface area contributed by atoms with Gasteiger partial charge in [0.25, 0.3) is 5.91 Å². The zero-order valence-corrected chi connectivity index (χ0v) is 17.3. The molecule has 0 atom stereocenters. The molecule has 0 saturated carbocycles. The summed E-state index contributed by atoms with van der Waals surface area (Å²) in [4.78, 5) is 27.2. The number of nitrogens with one attached hydrogen (secondary N) is 1. The summed E-state index contributed by atoms with van der Waals surface area (Å²) in [5.74, 6) is 0.112. The van der Waals surface area contributed by atoms with Crippen LogP contribution in [0, 0.1) is 5.82 Å². The van der Waals surface area contributed by atoms with Crippen LogP contribution >= 0.6 is 11.6 Å². The van der Waals surface area contributed by atoms with Crippen LogP contribution in [0.1, 0.15) is 15.9 Å². The Kier molecular flexibility index (Phi) is 4.75. The Hall–Kier alpha value is -3.58. The number of fused-ring (bicyclic) bond motifs is 2. The molecule has 154 valence electrons. The van der Waals surface area contributed by atoms with Gasteiger partial charge < -0.3 is 10.2 Å². The van der Waals surface area contributed by atoms with Crippen molar-refractivity contribution in [3.05, 3.63) is 77.1 Å². The summed E-state index contributed by atoms with van der Waals surface area (Å²) in [5.41, 5.74) is 4.70. The third kappa shape index (κ3) is 3.37. The quantitative estimate of drug-likeness (QED) is 0.513. The molecule has 0 bridgehead atoms. The molecule has 1 aliphatic heterocycles. The second-order valence-electron chi connectivity index (χ2n) is 7.27. The van der Waals surface area contributed by atoms with Gasteiger partial charge in [-0.25, -0.2) is 14.4 Å². The number of anilines is 2. The molecule has 3 heterocycles. The molecule has 5 rings (SSSR count). The Morgan fingerprint density at radius 1 is 1.13 bits per heavy atom. The average Bonchev–Trinajstić information content (AvgIpc) is 3.20. The molecule has 4 aromatic rings. The van der Waals surface area contributed by atoms with E-state index in [4.69, 9.17) is 11.6 Å². The molecular formula is C23H17ClFN5O. The van der Waals surface area contributed by atoms with Crippen molar-refractivity contribution in [2.24, 2.45) is 0 Å². The minimum absolute atomic E-state index is 0.0850. The van der Waals surface area contributed by atoms with E-state index in [1.54, 1.807) is 25.4 Å². The Bertz CT molecular complexity index is 1340. The fourth-order valence-electron chi connectivity index (χ4n) is 3.91. The molecule has 8 heteroatoms. The molecule has 31 heavy (non-hydrogen) atoms. The van der Waals surface area contributed by atoms with E-state index < -0.39 is 5.82 Å².